The van der Waals surface area contributed by atoms with Gasteiger partial charge in [-0.1, -0.05) is 107 Å². The Morgan fingerprint density at radius 1 is 0.476 bits per heavy atom. The fourth-order valence-electron chi connectivity index (χ4n) is 3.75. The van der Waals surface area contributed by atoms with Crippen molar-refractivity contribution < 1.29 is 0 Å². The first-order valence-corrected chi connectivity index (χ1v) is 9.52. The molecule has 0 amide bonds. The minimum Gasteiger partial charge on any atom is -0.0622 e. The smallest absolute Gasteiger partial charge is 0.0162 e. The van der Waals surface area contributed by atoms with Crippen molar-refractivity contribution in [1.29, 1.82) is 0 Å². The van der Waals surface area contributed by atoms with Crippen LogP contribution in [0, 0.1) is 0 Å². The van der Waals surface area contributed by atoms with Crippen LogP contribution in [-0.4, -0.2) is 0 Å². The van der Waals surface area contributed by atoms with Gasteiger partial charge in [0.15, 0.2) is 0 Å². The Kier molecular flexibility index (Phi) is 8.59. The average molecular weight is 287 g/mol. The van der Waals surface area contributed by atoms with Crippen LogP contribution in [0.5, 0.6) is 0 Å². The number of benzene rings is 1. The molecule has 0 heterocycles. The summed E-state index contributed by atoms with van der Waals surface area (Å²) in [5.41, 5.74) is 1.59. The summed E-state index contributed by atoms with van der Waals surface area (Å²) in [5.74, 6) is 0.816. The van der Waals surface area contributed by atoms with E-state index in [0.717, 1.165) is 5.92 Å². The standard InChI is InChI=1S/C21H34/c1-2-4-6-8-10-13-17-20(16-12-9-7-5-3-1)21-18-14-11-15-19-21/h11,14-15,18-20H,1-10,12-13,16-17H2. The second kappa shape index (κ2) is 10.9. The SMILES string of the molecule is c1ccc(C2CCCCCCCCCCCCCC2)cc1. The lowest BCUT2D eigenvalue weighted by atomic mass is 9.88. The van der Waals surface area contributed by atoms with E-state index in [-0.39, 0.29) is 0 Å². The number of hydrogen-bond donors (Lipinski definition) is 0. The molecule has 1 fully saturated rings. The van der Waals surface area contributed by atoms with E-state index in [4.69, 9.17) is 0 Å². The third-order valence-corrected chi connectivity index (χ3v) is 5.13. The third kappa shape index (κ3) is 7.16. The van der Waals surface area contributed by atoms with Crippen molar-refractivity contribution in [3.8, 4) is 0 Å². The zero-order chi connectivity index (χ0) is 14.6. The maximum atomic E-state index is 2.35. The first kappa shape index (κ1) is 16.6. The Morgan fingerprint density at radius 2 is 0.857 bits per heavy atom. The maximum Gasteiger partial charge on any atom is -0.0162 e. The first-order valence-electron chi connectivity index (χ1n) is 9.52. The van der Waals surface area contributed by atoms with E-state index in [2.05, 4.69) is 30.3 Å². The van der Waals surface area contributed by atoms with Gasteiger partial charge in [-0.25, -0.2) is 0 Å². The number of hydrogen-bond acceptors (Lipinski definition) is 0. The molecule has 0 heteroatoms. The molecule has 0 N–H and O–H groups in total. The molecule has 0 aromatic heterocycles. The van der Waals surface area contributed by atoms with Gasteiger partial charge in [-0.15, -0.1) is 0 Å². The van der Waals surface area contributed by atoms with Crippen molar-refractivity contribution in [2.75, 3.05) is 0 Å². The second-order valence-corrected chi connectivity index (χ2v) is 6.93. The van der Waals surface area contributed by atoms with E-state index in [0.29, 0.717) is 0 Å². The molecule has 0 atom stereocenters. The summed E-state index contributed by atoms with van der Waals surface area (Å²) in [6.45, 7) is 0. The fraction of sp³-hybridized carbons (Fsp3) is 0.714. The molecule has 1 aliphatic carbocycles. The van der Waals surface area contributed by atoms with Crippen LogP contribution in [0.4, 0.5) is 0 Å². The van der Waals surface area contributed by atoms with Crippen LogP contribution in [0.15, 0.2) is 30.3 Å². The Labute approximate surface area is 132 Å². The van der Waals surface area contributed by atoms with Gasteiger partial charge in [0.2, 0.25) is 0 Å². The van der Waals surface area contributed by atoms with Gasteiger partial charge in [0.25, 0.3) is 0 Å². The molecule has 1 aromatic carbocycles. The molecule has 1 saturated carbocycles. The first-order chi connectivity index (χ1) is 10.5. The van der Waals surface area contributed by atoms with Crippen LogP contribution >= 0.6 is 0 Å². The fourth-order valence-corrected chi connectivity index (χ4v) is 3.75. The summed E-state index contributed by atoms with van der Waals surface area (Å²) in [5, 5.41) is 0. The molecule has 1 aromatic rings. The highest BCUT2D eigenvalue weighted by atomic mass is 14.2. The van der Waals surface area contributed by atoms with E-state index in [1.165, 1.54) is 89.9 Å². The summed E-state index contributed by atoms with van der Waals surface area (Å²) in [6.07, 6.45) is 20.3. The lowest BCUT2D eigenvalue weighted by molar-refractivity contribution is 0.493. The van der Waals surface area contributed by atoms with E-state index in [1.807, 2.05) is 0 Å². The van der Waals surface area contributed by atoms with Crippen LogP contribution in [-0.2, 0) is 0 Å². The van der Waals surface area contributed by atoms with Crippen LogP contribution in [0.25, 0.3) is 0 Å². The molecule has 0 radical (unpaired) electrons. The summed E-state index contributed by atoms with van der Waals surface area (Å²) >= 11 is 0. The average Bonchev–Trinajstić information content (AvgIpc) is 2.54. The van der Waals surface area contributed by atoms with Crippen molar-refractivity contribution in [2.45, 2.75) is 95.8 Å². The second-order valence-electron chi connectivity index (χ2n) is 6.93. The Balaban J connectivity index is 1.83. The predicted octanol–water partition coefficient (Wildman–Crippen LogP) is 7.25. The molecule has 0 aliphatic heterocycles. The zero-order valence-corrected chi connectivity index (χ0v) is 13.9. The van der Waals surface area contributed by atoms with Crippen LogP contribution < -0.4 is 0 Å². The Bertz CT molecular complexity index is 324. The van der Waals surface area contributed by atoms with Gasteiger partial charge < -0.3 is 0 Å². The molecule has 2 rings (SSSR count). The molecule has 0 spiro atoms. The summed E-state index contributed by atoms with van der Waals surface area (Å²) in [4.78, 5) is 0. The predicted molar refractivity (Wildman–Crippen MR) is 93.8 cm³/mol. The van der Waals surface area contributed by atoms with Gasteiger partial charge in [-0.05, 0) is 24.3 Å². The molecular weight excluding hydrogens is 252 g/mol. The Morgan fingerprint density at radius 3 is 1.29 bits per heavy atom. The molecule has 0 bridgehead atoms. The van der Waals surface area contributed by atoms with Gasteiger partial charge in [0.05, 0.1) is 0 Å². The van der Waals surface area contributed by atoms with Gasteiger partial charge in [-0.2, -0.15) is 0 Å². The summed E-state index contributed by atoms with van der Waals surface area (Å²) in [7, 11) is 0. The van der Waals surface area contributed by atoms with Gasteiger partial charge in [0.1, 0.15) is 0 Å². The summed E-state index contributed by atoms with van der Waals surface area (Å²) in [6, 6.07) is 11.3. The van der Waals surface area contributed by atoms with E-state index >= 15 is 0 Å². The van der Waals surface area contributed by atoms with Crippen molar-refractivity contribution in [3.63, 3.8) is 0 Å². The minimum absolute atomic E-state index is 0.816. The Hall–Kier alpha value is -0.780. The van der Waals surface area contributed by atoms with Crippen molar-refractivity contribution in [1.82, 2.24) is 0 Å². The number of rotatable bonds is 1. The third-order valence-electron chi connectivity index (χ3n) is 5.13. The van der Waals surface area contributed by atoms with Crippen LogP contribution in [0.2, 0.25) is 0 Å². The zero-order valence-electron chi connectivity index (χ0n) is 13.9. The van der Waals surface area contributed by atoms with E-state index in [9.17, 15) is 0 Å². The quantitative estimate of drug-likeness (QED) is 0.510. The molecule has 0 saturated heterocycles. The molecule has 0 nitrogen and oxygen atoms in total. The highest BCUT2D eigenvalue weighted by Gasteiger charge is 2.11. The maximum absolute atomic E-state index is 2.35. The topological polar surface area (TPSA) is 0 Å². The molecule has 1 aliphatic rings. The van der Waals surface area contributed by atoms with Crippen molar-refractivity contribution in [3.05, 3.63) is 35.9 Å². The van der Waals surface area contributed by atoms with Crippen LogP contribution in [0.1, 0.15) is 101 Å². The summed E-state index contributed by atoms with van der Waals surface area (Å²) < 4.78 is 0. The normalized spacial score (nSPS) is 21.3. The molecular formula is C21H34. The minimum atomic E-state index is 0.816. The van der Waals surface area contributed by atoms with Crippen LogP contribution in [0.3, 0.4) is 0 Å². The molecule has 118 valence electrons. The molecule has 21 heavy (non-hydrogen) atoms. The van der Waals surface area contributed by atoms with Gasteiger partial charge in [0, 0.05) is 0 Å². The lowest BCUT2D eigenvalue weighted by Gasteiger charge is -2.17. The largest absolute Gasteiger partial charge is 0.0622 e. The highest BCUT2D eigenvalue weighted by molar-refractivity contribution is 5.19. The molecule has 0 unspecified atom stereocenters. The van der Waals surface area contributed by atoms with Crippen molar-refractivity contribution >= 4 is 0 Å². The lowest BCUT2D eigenvalue weighted by Crippen LogP contribution is -1.99. The van der Waals surface area contributed by atoms with E-state index < -0.39 is 0 Å². The van der Waals surface area contributed by atoms with E-state index in [1.54, 1.807) is 5.56 Å². The van der Waals surface area contributed by atoms with Gasteiger partial charge >= 0.3 is 0 Å². The highest BCUT2D eigenvalue weighted by Crippen LogP contribution is 2.29. The van der Waals surface area contributed by atoms with Crippen molar-refractivity contribution in [2.24, 2.45) is 0 Å². The van der Waals surface area contributed by atoms with Gasteiger partial charge in [-0.3, -0.25) is 0 Å². The monoisotopic (exact) mass is 286 g/mol.